The van der Waals surface area contributed by atoms with Crippen molar-refractivity contribution in [1.82, 2.24) is 25.1 Å². The second-order valence-corrected chi connectivity index (χ2v) is 7.60. The van der Waals surface area contributed by atoms with Crippen molar-refractivity contribution < 1.29 is 9.18 Å². The van der Waals surface area contributed by atoms with E-state index in [1.807, 2.05) is 38.5 Å². The van der Waals surface area contributed by atoms with E-state index < -0.39 is 5.82 Å². The summed E-state index contributed by atoms with van der Waals surface area (Å²) < 4.78 is 16.4. The molecule has 3 aromatic rings. The Labute approximate surface area is 200 Å². The minimum absolute atomic E-state index is 0.192. The predicted octanol–water partition coefficient (Wildman–Crippen LogP) is 5.61. The summed E-state index contributed by atoms with van der Waals surface area (Å²) in [5.74, 6) is -0.177. The van der Waals surface area contributed by atoms with Gasteiger partial charge in [-0.05, 0) is 38.8 Å². The SMILES string of the molecule is C=CC=C(C)C.CC.CNC(=O)c1cnc(Nc2cc3c(cnn3C3CC3)cc2F)nc1NC. The first-order chi connectivity index (χ1) is 16.4. The molecule has 0 aliphatic heterocycles. The predicted molar refractivity (Wildman–Crippen MR) is 137 cm³/mol. The average molecular weight is 468 g/mol. The maximum Gasteiger partial charge on any atom is 0.256 e. The largest absolute Gasteiger partial charge is 0.372 e. The average Bonchev–Trinajstić information content (AvgIpc) is 3.60. The minimum Gasteiger partial charge on any atom is -0.372 e. The lowest BCUT2D eigenvalue weighted by molar-refractivity contribution is 0.0963. The first-order valence-electron chi connectivity index (χ1n) is 11.3. The molecule has 182 valence electrons. The molecule has 0 spiro atoms. The summed E-state index contributed by atoms with van der Waals surface area (Å²) in [5, 5.41) is 13.4. The van der Waals surface area contributed by atoms with Crippen molar-refractivity contribution in [3.05, 3.63) is 60.2 Å². The van der Waals surface area contributed by atoms with Crippen LogP contribution in [0.1, 0.15) is 56.9 Å². The monoisotopic (exact) mass is 467 g/mol. The van der Waals surface area contributed by atoms with Crippen LogP contribution in [0, 0.1) is 5.82 Å². The van der Waals surface area contributed by atoms with Crippen LogP contribution < -0.4 is 16.0 Å². The smallest absolute Gasteiger partial charge is 0.256 e. The van der Waals surface area contributed by atoms with Crippen LogP contribution >= 0.6 is 0 Å². The highest BCUT2D eigenvalue weighted by Crippen LogP contribution is 2.37. The molecule has 0 atom stereocenters. The summed E-state index contributed by atoms with van der Waals surface area (Å²) >= 11 is 0. The number of fused-ring (bicyclic) bond motifs is 1. The number of hydrogen-bond acceptors (Lipinski definition) is 6. The van der Waals surface area contributed by atoms with Crippen LogP contribution in [0.15, 0.2) is 48.8 Å². The molecular weight excluding hydrogens is 433 g/mol. The van der Waals surface area contributed by atoms with Gasteiger partial charge in [-0.15, -0.1) is 0 Å². The van der Waals surface area contributed by atoms with Crippen LogP contribution in [0.4, 0.5) is 21.8 Å². The van der Waals surface area contributed by atoms with Crippen molar-refractivity contribution in [3.63, 3.8) is 0 Å². The quantitative estimate of drug-likeness (QED) is 0.408. The van der Waals surface area contributed by atoms with Crippen LogP contribution in [0.3, 0.4) is 0 Å². The number of carbonyl (C=O) groups excluding carboxylic acids is 1. The van der Waals surface area contributed by atoms with Gasteiger partial charge in [0.1, 0.15) is 17.2 Å². The van der Waals surface area contributed by atoms with Gasteiger partial charge in [0, 0.05) is 25.7 Å². The van der Waals surface area contributed by atoms with E-state index in [0.717, 1.165) is 23.7 Å². The Balaban J connectivity index is 0.000000447. The first-order valence-corrected chi connectivity index (χ1v) is 11.3. The summed E-state index contributed by atoms with van der Waals surface area (Å²) in [4.78, 5) is 20.2. The van der Waals surface area contributed by atoms with Crippen molar-refractivity contribution >= 4 is 34.3 Å². The molecule has 1 aliphatic rings. The van der Waals surface area contributed by atoms with E-state index in [1.165, 1.54) is 24.9 Å². The maximum absolute atomic E-state index is 14.4. The van der Waals surface area contributed by atoms with Gasteiger partial charge in [-0.1, -0.05) is 38.2 Å². The van der Waals surface area contributed by atoms with Crippen LogP contribution in [0.25, 0.3) is 10.9 Å². The van der Waals surface area contributed by atoms with Gasteiger partial charge < -0.3 is 16.0 Å². The fourth-order valence-corrected chi connectivity index (χ4v) is 3.06. The van der Waals surface area contributed by atoms with Gasteiger partial charge >= 0.3 is 0 Å². The van der Waals surface area contributed by atoms with Gasteiger partial charge in [-0.2, -0.15) is 10.1 Å². The summed E-state index contributed by atoms with van der Waals surface area (Å²) in [6.07, 6.45) is 9.01. The number of anilines is 3. The molecule has 2 heterocycles. The van der Waals surface area contributed by atoms with Gasteiger partial charge in [0.2, 0.25) is 5.95 Å². The van der Waals surface area contributed by atoms with E-state index in [-0.39, 0.29) is 17.5 Å². The Morgan fingerprint density at radius 3 is 2.44 bits per heavy atom. The van der Waals surface area contributed by atoms with Crippen molar-refractivity contribution in [2.45, 2.75) is 46.6 Å². The number of benzene rings is 1. The van der Waals surface area contributed by atoms with Gasteiger partial charge in [0.15, 0.2) is 0 Å². The van der Waals surface area contributed by atoms with Crippen LogP contribution in [-0.4, -0.2) is 39.8 Å². The zero-order valence-corrected chi connectivity index (χ0v) is 20.7. The lowest BCUT2D eigenvalue weighted by Gasteiger charge is -2.11. The molecule has 1 saturated carbocycles. The molecule has 1 fully saturated rings. The van der Waals surface area contributed by atoms with Crippen molar-refractivity contribution in [1.29, 1.82) is 0 Å². The van der Waals surface area contributed by atoms with Gasteiger partial charge in [-0.3, -0.25) is 9.48 Å². The fraction of sp³-hybridized carbons (Fsp3) is 0.360. The van der Waals surface area contributed by atoms with E-state index in [1.54, 1.807) is 25.4 Å². The molecular formula is C25H34FN7O. The van der Waals surface area contributed by atoms with Crippen molar-refractivity contribution in [2.75, 3.05) is 24.7 Å². The highest BCUT2D eigenvalue weighted by Gasteiger charge is 2.26. The van der Waals surface area contributed by atoms with E-state index in [0.29, 0.717) is 17.4 Å². The van der Waals surface area contributed by atoms with Crippen LogP contribution in [0.2, 0.25) is 0 Å². The number of rotatable bonds is 6. The number of allylic oxidation sites excluding steroid dienone is 3. The molecule has 2 aromatic heterocycles. The molecule has 34 heavy (non-hydrogen) atoms. The normalized spacial score (nSPS) is 11.9. The Bertz CT molecular complexity index is 1160. The highest BCUT2D eigenvalue weighted by molar-refractivity contribution is 5.98. The Morgan fingerprint density at radius 2 is 1.91 bits per heavy atom. The second-order valence-electron chi connectivity index (χ2n) is 7.60. The summed E-state index contributed by atoms with van der Waals surface area (Å²) in [6.45, 7) is 11.6. The molecule has 1 aromatic carbocycles. The van der Waals surface area contributed by atoms with Gasteiger partial charge in [0.25, 0.3) is 5.91 Å². The first kappa shape index (κ1) is 26.5. The Morgan fingerprint density at radius 1 is 1.21 bits per heavy atom. The third kappa shape index (κ3) is 6.63. The number of amides is 1. The highest BCUT2D eigenvalue weighted by atomic mass is 19.1. The zero-order chi connectivity index (χ0) is 25.3. The molecule has 3 N–H and O–H groups in total. The summed E-state index contributed by atoms with van der Waals surface area (Å²) in [6, 6.07) is 3.55. The molecule has 0 bridgehead atoms. The standard InChI is InChI=1S/C17H18FN7O.C6H10.C2H6/c1-19-15-11(16(26)20-2)8-21-17(24-15)23-13-6-14-9(5-12(13)18)7-22-25(14)10-3-4-10;1-4-5-6(2)3;1-2/h5-8,10H,3-4H2,1-2H3,(H,20,26)(H2,19,21,23,24);4-5H,1H2,2-3H3;1-2H3. The van der Waals surface area contributed by atoms with Crippen LogP contribution in [0.5, 0.6) is 0 Å². The molecule has 0 radical (unpaired) electrons. The topological polar surface area (TPSA) is 96.8 Å². The third-order valence-electron chi connectivity index (χ3n) is 4.77. The minimum atomic E-state index is -0.419. The fourth-order valence-electron chi connectivity index (χ4n) is 3.06. The molecule has 0 unspecified atom stereocenters. The molecule has 1 amide bonds. The summed E-state index contributed by atoms with van der Waals surface area (Å²) in [5.41, 5.74) is 2.73. The number of nitrogens with one attached hydrogen (secondary N) is 3. The molecule has 8 nitrogen and oxygen atoms in total. The number of nitrogens with zero attached hydrogens (tertiary/aromatic N) is 4. The van der Waals surface area contributed by atoms with E-state index in [4.69, 9.17) is 0 Å². The summed E-state index contributed by atoms with van der Waals surface area (Å²) in [7, 11) is 3.18. The molecule has 4 rings (SSSR count). The van der Waals surface area contributed by atoms with Gasteiger partial charge in [-0.25, -0.2) is 9.37 Å². The van der Waals surface area contributed by atoms with Crippen molar-refractivity contribution in [3.8, 4) is 0 Å². The molecule has 9 heteroatoms. The number of carbonyl (C=O) groups is 1. The van der Waals surface area contributed by atoms with Crippen molar-refractivity contribution in [2.24, 2.45) is 0 Å². The lowest BCUT2D eigenvalue weighted by Crippen LogP contribution is -2.20. The second kappa shape index (κ2) is 12.5. The Hall–Kier alpha value is -3.75. The number of halogens is 1. The zero-order valence-electron chi connectivity index (χ0n) is 20.7. The van der Waals surface area contributed by atoms with E-state index in [2.05, 4.69) is 37.6 Å². The van der Waals surface area contributed by atoms with Crippen LogP contribution in [-0.2, 0) is 0 Å². The van der Waals surface area contributed by atoms with E-state index >= 15 is 0 Å². The number of hydrogen-bond donors (Lipinski definition) is 3. The third-order valence-corrected chi connectivity index (χ3v) is 4.77. The number of aromatic nitrogens is 4. The molecule has 0 saturated heterocycles. The van der Waals surface area contributed by atoms with Gasteiger partial charge in [0.05, 0.1) is 23.4 Å². The maximum atomic E-state index is 14.4. The Kier molecular flexibility index (Phi) is 9.73. The van der Waals surface area contributed by atoms with E-state index in [9.17, 15) is 9.18 Å². The molecule has 1 aliphatic carbocycles. The lowest BCUT2D eigenvalue weighted by atomic mass is 10.2.